The van der Waals surface area contributed by atoms with Gasteiger partial charge >= 0.3 is 5.97 Å². The molecule has 0 spiro atoms. The molecule has 1 aromatic heterocycles. The molecule has 0 unspecified atom stereocenters. The topological polar surface area (TPSA) is 64.1 Å². The molecule has 0 aliphatic rings. The third kappa shape index (κ3) is 2.94. The number of hydrogen-bond donors (Lipinski definition) is 1. The number of esters is 1. The Balaban J connectivity index is 2.01. The van der Waals surface area contributed by atoms with Crippen LogP contribution < -0.4 is 5.32 Å². The highest BCUT2D eigenvalue weighted by atomic mass is 16.5. The predicted octanol–water partition coefficient (Wildman–Crippen LogP) is 1.99. The number of nitrogens with one attached hydrogen (secondary N) is 1. The van der Waals surface area contributed by atoms with Crippen molar-refractivity contribution in [3.63, 3.8) is 0 Å². The standard InChI is InChI=1S/C13H15N3O2/c1-2-18-12(17)7-8-14-13-10-5-3-4-6-11(10)15-9-16-13/h3-6,9H,2,7-8H2,1H3,(H,14,15,16). The normalized spacial score (nSPS) is 10.3. The van der Waals surface area contributed by atoms with E-state index in [1.807, 2.05) is 24.3 Å². The van der Waals surface area contributed by atoms with Crippen molar-refractivity contribution in [2.75, 3.05) is 18.5 Å². The first-order valence-corrected chi connectivity index (χ1v) is 5.90. The second-order valence-corrected chi connectivity index (χ2v) is 3.72. The van der Waals surface area contributed by atoms with E-state index >= 15 is 0 Å². The molecule has 0 bridgehead atoms. The van der Waals surface area contributed by atoms with E-state index in [0.29, 0.717) is 19.6 Å². The lowest BCUT2D eigenvalue weighted by atomic mass is 10.2. The molecule has 18 heavy (non-hydrogen) atoms. The zero-order chi connectivity index (χ0) is 12.8. The van der Waals surface area contributed by atoms with E-state index in [4.69, 9.17) is 4.74 Å². The van der Waals surface area contributed by atoms with Gasteiger partial charge in [-0.25, -0.2) is 9.97 Å². The van der Waals surface area contributed by atoms with Gasteiger partial charge in [-0.2, -0.15) is 0 Å². The zero-order valence-electron chi connectivity index (χ0n) is 10.2. The molecule has 0 aliphatic carbocycles. The molecule has 94 valence electrons. The average molecular weight is 245 g/mol. The Morgan fingerprint density at radius 2 is 2.17 bits per heavy atom. The summed E-state index contributed by atoms with van der Waals surface area (Å²) in [5.41, 5.74) is 0.881. The number of nitrogens with zero attached hydrogens (tertiary/aromatic N) is 2. The fourth-order valence-electron chi connectivity index (χ4n) is 1.66. The molecule has 0 amide bonds. The number of rotatable bonds is 5. The van der Waals surface area contributed by atoms with E-state index in [9.17, 15) is 4.79 Å². The van der Waals surface area contributed by atoms with Crippen LogP contribution in [0.25, 0.3) is 10.9 Å². The Bertz CT molecular complexity index is 537. The highest BCUT2D eigenvalue weighted by molar-refractivity contribution is 5.88. The highest BCUT2D eigenvalue weighted by Crippen LogP contribution is 2.17. The Labute approximate surface area is 105 Å². The van der Waals surface area contributed by atoms with Crippen molar-refractivity contribution < 1.29 is 9.53 Å². The molecular weight excluding hydrogens is 230 g/mol. The Morgan fingerprint density at radius 3 is 3.00 bits per heavy atom. The SMILES string of the molecule is CCOC(=O)CCNc1ncnc2ccccc12. The third-order valence-corrected chi connectivity index (χ3v) is 2.47. The van der Waals surface area contributed by atoms with Gasteiger partial charge in [0.05, 0.1) is 18.5 Å². The maximum atomic E-state index is 11.2. The van der Waals surface area contributed by atoms with Crippen molar-refractivity contribution >= 4 is 22.7 Å². The maximum Gasteiger partial charge on any atom is 0.307 e. The molecule has 0 fully saturated rings. The Morgan fingerprint density at radius 1 is 1.33 bits per heavy atom. The van der Waals surface area contributed by atoms with Gasteiger partial charge < -0.3 is 10.1 Å². The number of aromatic nitrogens is 2. The molecular formula is C13H15N3O2. The van der Waals surface area contributed by atoms with E-state index in [2.05, 4.69) is 15.3 Å². The summed E-state index contributed by atoms with van der Waals surface area (Å²) in [5, 5.41) is 4.07. The van der Waals surface area contributed by atoms with Crippen LogP contribution in [-0.4, -0.2) is 29.1 Å². The number of ether oxygens (including phenoxy) is 1. The predicted molar refractivity (Wildman–Crippen MR) is 69.3 cm³/mol. The molecule has 1 N–H and O–H groups in total. The summed E-state index contributed by atoms with van der Waals surface area (Å²) < 4.78 is 4.86. The van der Waals surface area contributed by atoms with Gasteiger partial charge in [0, 0.05) is 11.9 Å². The number of carbonyl (C=O) groups is 1. The number of para-hydroxylation sites is 1. The molecule has 0 aliphatic heterocycles. The van der Waals surface area contributed by atoms with E-state index in [1.165, 1.54) is 6.33 Å². The van der Waals surface area contributed by atoms with Gasteiger partial charge in [-0.15, -0.1) is 0 Å². The maximum absolute atomic E-state index is 11.2. The van der Waals surface area contributed by atoms with Crippen LogP contribution in [0.15, 0.2) is 30.6 Å². The molecule has 0 atom stereocenters. The van der Waals surface area contributed by atoms with Crippen molar-refractivity contribution in [2.45, 2.75) is 13.3 Å². The summed E-state index contributed by atoms with van der Waals surface area (Å²) in [6, 6.07) is 7.73. The lowest BCUT2D eigenvalue weighted by Crippen LogP contribution is -2.12. The van der Waals surface area contributed by atoms with Crippen LogP contribution in [-0.2, 0) is 9.53 Å². The van der Waals surface area contributed by atoms with Crippen LogP contribution in [0.4, 0.5) is 5.82 Å². The fourth-order valence-corrected chi connectivity index (χ4v) is 1.66. The number of benzene rings is 1. The second-order valence-electron chi connectivity index (χ2n) is 3.72. The zero-order valence-corrected chi connectivity index (χ0v) is 10.2. The van der Waals surface area contributed by atoms with Gasteiger partial charge in [-0.1, -0.05) is 12.1 Å². The van der Waals surface area contributed by atoms with Gasteiger partial charge in [0.25, 0.3) is 0 Å². The van der Waals surface area contributed by atoms with Gasteiger partial charge in [-0.05, 0) is 19.1 Å². The largest absolute Gasteiger partial charge is 0.466 e. The van der Waals surface area contributed by atoms with E-state index in [-0.39, 0.29) is 5.97 Å². The van der Waals surface area contributed by atoms with Crippen LogP contribution in [0.1, 0.15) is 13.3 Å². The third-order valence-electron chi connectivity index (χ3n) is 2.47. The summed E-state index contributed by atoms with van der Waals surface area (Å²) >= 11 is 0. The van der Waals surface area contributed by atoms with E-state index in [0.717, 1.165) is 16.7 Å². The molecule has 2 aromatic rings. The van der Waals surface area contributed by atoms with Gasteiger partial charge in [0.15, 0.2) is 0 Å². The summed E-state index contributed by atoms with van der Waals surface area (Å²) in [5.74, 6) is 0.535. The fraction of sp³-hybridized carbons (Fsp3) is 0.308. The Hall–Kier alpha value is -2.17. The highest BCUT2D eigenvalue weighted by Gasteiger charge is 2.04. The molecule has 0 saturated carbocycles. The number of carbonyl (C=O) groups excluding carboxylic acids is 1. The van der Waals surface area contributed by atoms with Gasteiger partial charge in [0.1, 0.15) is 12.1 Å². The summed E-state index contributed by atoms with van der Waals surface area (Å²) in [7, 11) is 0. The summed E-state index contributed by atoms with van der Waals surface area (Å²) in [6.45, 7) is 2.71. The molecule has 2 rings (SSSR count). The smallest absolute Gasteiger partial charge is 0.307 e. The molecule has 5 heteroatoms. The van der Waals surface area contributed by atoms with Crippen LogP contribution in [0, 0.1) is 0 Å². The number of hydrogen-bond acceptors (Lipinski definition) is 5. The summed E-state index contributed by atoms with van der Waals surface area (Å²) in [4.78, 5) is 19.5. The first-order chi connectivity index (χ1) is 8.81. The number of fused-ring (bicyclic) bond motifs is 1. The van der Waals surface area contributed by atoms with Crippen molar-refractivity contribution in [3.8, 4) is 0 Å². The minimum atomic E-state index is -0.205. The lowest BCUT2D eigenvalue weighted by Gasteiger charge is -2.07. The van der Waals surface area contributed by atoms with E-state index in [1.54, 1.807) is 6.92 Å². The van der Waals surface area contributed by atoms with Crippen LogP contribution in [0.2, 0.25) is 0 Å². The van der Waals surface area contributed by atoms with Crippen molar-refractivity contribution in [2.24, 2.45) is 0 Å². The Kier molecular flexibility index (Phi) is 4.06. The van der Waals surface area contributed by atoms with Gasteiger partial charge in [0.2, 0.25) is 0 Å². The molecule has 1 heterocycles. The first-order valence-electron chi connectivity index (χ1n) is 5.90. The van der Waals surface area contributed by atoms with Crippen LogP contribution >= 0.6 is 0 Å². The van der Waals surface area contributed by atoms with Crippen molar-refractivity contribution in [3.05, 3.63) is 30.6 Å². The lowest BCUT2D eigenvalue weighted by molar-refractivity contribution is -0.142. The second kappa shape index (κ2) is 5.95. The van der Waals surface area contributed by atoms with Gasteiger partial charge in [-0.3, -0.25) is 4.79 Å². The molecule has 5 nitrogen and oxygen atoms in total. The first kappa shape index (κ1) is 12.3. The minimum absolute atomic E-state index is 0.205. The summed E-state index contributed by atoms with van der Waals surface area (Å²) in [6.07, 6.45) is 1.83. The number of anilines is 1. The van der Waals surface area contributed by atoms with Crippen molar-refractivity contribution in [1.29, 1.82) is 0 Å². The molecule has 0 saturated heterocycles. The minimum Gasteiger partial charge on any atom is -0.466 e. The molecule has 0 radical (unpaired) electrons. The van der Waals surface area contributed by atoms with Crippen LogP contribution in [0.3, 0.4) is 0 Å². The van der Waals surface area contributed by atoms with Crippen LogP contribution in [0.5, 0.6) is 0 Å². The monoisotopic (exact) mass is 245 g/mol. The average Bonchev–Trinajstić information content (AvgIpc) is 2.39. The quantitative estimate of drug-likeness (QED) is 0.816. The van der Waals surface area contributed by atoms with Crippen molar-refractivity contribution in [1.82, 2.24) is 9.97 Å². The van der Waals surface area contributed by atoms with E-state index < -0.39 is 0 Å². The molecule has 1 aromatic carbocycles.